The van der Waals surface area contributed by atoms with Gasteiger partial charge in [0, 0.05) is 70.4 Å². The summed E-state index contributed by atoms with van der Waals surface area (Å²) in [6.45, 7) is 2.40. The first-order valence-corrected chi connectivity index (χ1v) is 10.6. The number of halogens is 2. The number of aromatic amines is 1. The third-order valence-corrected chi connectivity index (χ3v) is 5.75. The van der Waals surface area contributed by atoms with E-state index in [0.29, 0.717) is 28.5 Å². The number of nitrogens with one attached hydrogen (secondary N) is 4. The average molecular weight is 447 g/mol. The van der Waals surface area contributed by atoms with Crippen LogP contribution < -0.4 is 10.6 Å². The van der Waals surface area contributed by atoms with Crippen LogP contribution in [0.3, 0.4) is 0 Å². The van der Waals surface area contributed by atoms with E-state index in [1.165, 1.54) is 18.3 Å². The van der Waals surface area contributed by atoms with E-state index in [0.717, 1.165) is 46.4 Å². The van der Waals surface area contributed by atoms with Crippen LogP contribution in [0.15, 0.2) is 60.7 Å². The summed E-state index contributed by atoms with van der Waals surface area (Å²) in [6, 6.07) is 12.3. The topological polar surface area (TPSA) is 89.5 Å². The molecule has 0 saturated carbocycles. The van der Waals surface area contributed by atoms with E-state index in [4.69, 9.17) is 17.0 Å². The number of rotatable bonds is 4. The number of fused-ring (bicyclic) bond motifs is 1. The van der Waals surface area contributed by atoms with Crippen LogP contribution in [0.1, 0.15) is 5.56 Å². The molecule has 0 spiro atoms. The van der Waals surface area contributed by atoms with Crippen LogP contribution >= 0.6 is 11.6 Å². The van der Waals surface area contributed by atoms with Gasteiger partial charge in [-0.05, 0) is 36.4 Å². The van der Waals surface area contributed by atoms with E-state index in [1.807, 2.05) is 24.3 Å². The summed E-state index contributed by atoms with van der Waals surface area (Å²) in [5, 5.41) is 16.0. The molecule has 1 aliphatic heterocycles. The van der Waals surface area contributed by atoms with Gasteiger partial charge < -0.3 is 21.0 Å². The molecule has 2 aromatic heterocycles. The van der Waals surface area contributed by atoms with Gasteiger partial charge in [-0.1, -0.05) is 17.7 Å². The Labute approximate surface area is 189 Å². The van der Waals surface area contributed by atoms with Crippen molar-refractivity contribution in [3.8, 4) is 22.5 Å². The minimum absolute atomic E-state index is 0.365. The fourth-order valence-electron chi connectivity index (χ4n) is 3.95. The lowest BCUT2D eigenvalue weighted by Gasteiger charge is -2.21. The first-order valence-electron chi connectivity index (χ1n) is 10.2. The van der Waals surface area contributed by atoms with Crippen molar-refractivity contribution in [3.63, 3.8) is 0 Å². The minimum atomic E-state index is -0.375. The van der Waals surface area contributed by atoms with Gasteiger partial charge in [0.15, 0.2) is 0 Å². The molecule has 0 bridgehead atoms. The Bertz CT molecular complexity index is 1350. The van der Waals surface area contributed by atoms with Gasteiger partial charge in [-0.25, -0.2) is 9.37 Å². The Morgan fingerprint density at radius 2 is 2.00 bits per heavy atom. The normalized spacial score (nSPS) is 15.4. The Morgan fingerprint density at radius 3 is 2.81 bits per heavy atom. The highest BCUT2D eigenvalue weighted by atomic mass is 35.5. The zero-order valence-electron chi connectivity index (χ0n) is 17.0. The quantitative estimate of drug-likeness (QED) is 0.344. The van der Waals surface area contributed by atoms with Gasteiger partial charge in [-0.2, -0.15) is 0 Å². The van der Waals surface area contributed by atoms with Crippen molar-refractivity contribution in [1.82, 2.24) is 25.6 Å². The van der Waals surface area contributed by atoms with E-state index in [9.17, 15) is 4.39 Å². The van der Waals surface area contributed by atoms with Gasteiger partial charge in [-0.3, -0.25) is 4.98 Å². The fourth-order valence-corrected chi connectivity index (χ4v) is 4.12. The lowest BCUT2D eigenvalue weighted by atomic mass is 10.00. The van der Waals surface area contributed by atoms with Crippen molar-refractivity contribution in [3.05, 3.63) is 77.1 Å². The number of pyridine rings is 1. The first-order chi connectivity index (χ1) is 15.6. The number of hydrogen-bond donors (Lipinski definition) is 4. The lowest BCUT2D eigenvalue weighted by Crippen LogP contribution is -2.38. The zero-order chi connectivity index (χ0) is 22.1. The van der Waals surface area contributed by atoms with E-state index in [-0.39, 0.29) is 5.82 Å². The number of nitrogens with zero attached hydrogens (tertiary/aromatic N) is 2. The number of hydrogen-bond acceptors (Lipinski definition) is 5. The zero-order valence-corrected chi connectivity index (χ0v) is 17.8. The summed E-state index contributed by atoms with van der Waals surface area (Å²) < 4.78 is 14.5. The second-order valence-corrected chi connectivity index (χ2v) is 7.96. The second kappa shape index (κ2) is 8.53. The maximum atomic E-state index is 14.5. The van der Waals surface area contributed by atoms with Gasteiger partial charge in [0.25, 0.3) is 0 Å². The molecule has 4 N–H and O–H groups in total. The molecule has 4 aromatic rings. The average Bonchev–Trinajstić information content (AvgIpc) is 3.31. The minimum Gasteiger partial charge on any atom is -0.385 e. The summed E-state index contributed by atoms with van der Waals surface area (Å²) in [6.07, 6.45) is 4.69. The highest BCUT2D eigenvalue weighted by Crippen LogP contribution is 2.33. The molecular weight excluding hydrogens is 427 g/mol. The Morgan fingerprint density at radius 1 is 1.09 bits per heavy atom. The van der Waals surface area contributed by atoms with Crippen molar-refractivity contribution in [1.29, 1.82) is 5.41 Å². The van der Waals surface area contributed by atoms with Crippen LogP contribution in [-0.2, 0) is 0 Å². The standard InChI is InChI=1S/C24H20ClFN6/c25-17-2-3-20(26)18(9-17)24-23(31-13-32-24)14-1-4-21-15(7-14)8-16(11-30-21)19(10-27)22-12-28-5-6-29-22/h1-4,7-11,13,27-29H,5-6,12H2,(H,31,32)/b22-19+,27-10?. The molecule has 1 aliphatic rings. The fraction of sp³-hybridized carbons (Fsp3) is 0.125. The third-order valence-electron chi connectivity index (χ3n) is 5.51. The SMILES string of the molecule is N=C/C(=C1/CNCCN1)c1cnc2ccc(-c3nc[nH]c3-c3cc(Cl)ccc3F)cc2c1. The van der Waals surface area contributed by atoms with E-state index >= 15 is 0 Å². The molecule has 0 atom stereocenters. The molecule has 0 aliphatic carbocycles. The number of allylic oxidation sites excluding steroid dienone is 1. The molecule has 6 nitrogen and oxygen atoms in total. The highest BCUT2D eigenvalue weighted by Gasteiger charge is 2.16. The van der Waals surface area contributed by atoms with E-state index < -0.39 is 0 Å². The van der Waals surface area contributed by atoms with Crippen LogP contribution in [0.4, 0.5) is 4.39 Å². The number of imidazole rings is 1. The number of piperazine rings is 1. The largest absolute Gasteiger partial charge is 0.385 e. The molecule has 1 fully saturated rings. The summed E-state index contributed by atoms with van der Waals surface area (Å²) in [7, 11) is 0. The van der Waals surface area contributed by atoms with Crippen molar-refractivity contribution >= 4 is 34.3 Å². The summed E-state index contributed by atoms with van der Waals surface area (Å²) in [5.74, 6) is -0.375. The molecule has 0 unspecified atom stereocenters. The lowest BCUT2D eigenvalue weighted by molar-refractivity contribution is 0.601. The molecule has 3 heterocycles. The van der Waals surface area contributed by atoms with Crippen LogP contribution in [0.25, 0.3) is 39.0 Å². The molecule has 5 rings (SSSR count). The maximum Gasteiger partial charge on any atom is 0.132 e. The van der Waals surface area contributed by atoms with Gasteiger partial charge in [0.1, 0.15) is 5.82 Å². The molecule has 1 saturated heterocycles. The number of aromatic nitrogens is 3. The molecule has 8 heteroatoms. The van der Waals surface area contributed by atoms with Gasteiger partial charge in [0.05, 0.1) is 23.2 Å². The summed E-state index contributed by atoms with van der Waals surface area (Å²) >= 11 is 6.09. The molecular formula is C24H20ClFN6. The van der Waals surface area contributed by atoms with Crippen LogP contribution in [0.2, 0.25) is 5.02 Å². The Hall–Kier alpha value is -3.55. The first kappa shape index (κ1) is 20.4. The van der Waals surface area contributed by atoms with Crippen LogP contribution in [-0.4, -0.2) is 40.8 Å². The molecule has 0 radical (unpaired) electrons. The predicted octanol–water partition coefficient (Wildman–Crippen LogP) is 4.64. The highest BCUT2D eigenvalue weighted by molar-refractivity contribution is 6.30. The predicted molar refractivity (Wildman–Crippen MR) is 126 cm³/mol. The molecule has 32 heavy (non-hydrogen) atoms. The monoisotopic (exact) mass is 446 g/mol. The summed E-state index contributed by atoms with van der Waals surface area (Å²) in [5.41, 5.74) is 5.85. The van der Waals surface area contributed by atoms with Gasteiger partial charge in [-0.15, -0.1) is 0 Å². The molecule has 0 amide bonds. The summed E-state index contributed by atoms with van der Waals surface area (Å²) in [4.78, 5) is 12.1. The number of H-pyrrole nitrogens is 1. The third kappa shape index (κ3) is 3.77. The number of benzene rings is 2. The van der Waals surface area contributed by atoms with Crippen LogP contribution in [0.5, 0.6) is 0 Å². The maximum absolute atomic E-state index is 14.5. The molecule has 2 aromatic carbocycles. The van der Waals surface area contributed by atoms with E-state index in [1.54, 1.807) is 18.6 Å². The van der Waals surface area contributed by atoms with Crippen LogP contribution in [0, 0.1) is 11.2 Å². The van der Waals surface area contributed by atoms with Crippen molar-refractivity contribution < 1.29 is 4.39 Å². The smallest absolute Gasteiger partial charge is 0.132 e. The second-order valence-electron chi connectivity index (χ2n) is 7.52. The Balaban J connectivity index is 1.60. The molecule has 160 valence electrons. The Kier molecular flexibility index (Phi) is 5.43. The van der Waals surface area contributed by atoms with Crippen molar-refractivity contribution in [2.75, 3.05) is 19.6 Å². The van der Waals surface area contributed by atoms with E-state index in [2.05, 4.69) is 25.6 Å². The van der Waals surface area contributed by atoms with Crippen molar-refractivity contribution in [2.45, 2.75) is 0 Å². The van der Waals surface area contributed by atoms with Crippen molar-refractivity contribution in [2.24, 2.45) is 0 Å². The van der Waals surface area contributed by atoms with Gasteiger partial charge in [0.2, 0.25) is 0 Å². The van der Waals surface area contributed by atoms with Gasteiger partial charge >= 0.3 is 0 Å².